The summed E-state index contributed by atoms with van der Waals surface area (Å²) < 4.78 is 4.75. The number of rotatable bonds is 3. The van der Waals surface area contributed by atoms with Gasteiger partial charge in [0.25, 0.3) is 0 Å². The van der Waals surface area contributed by atoms with E-state index in [-0.39, 0.29) is 5.97 Å². The summed E-state index contributed by atoms with van der Waals surface area (Å²) in [6.45, 7) is 0.874. The molecule has 0 radical (unpaired) electrons. The van der Waals surface area contributed by atoms with E-state index in [2.05, 4.69) is 0 Å². The zero-order chi connectivity index (χ0) is 14.0. The quantitative estimate of drug-likeness (QED) is 0.869. The van der Waals surface area contributed by atoms with Crippen LogP contribution in [0.2, 0.25) is 10.0 Å². The fourth-order valence-corrected chi connectivity index (χ4v) is 2.70. The first-order valence-electron chi connectivity index (χ1n) is 5.95. The van der Waals surface area contributed by atoms with Crippen LogP contribution in [0.1, 0.15) is 12.0 Å². The van der Waals surface area contributed by atoms with Gasteiger partial charge in [-0.1, -0.05) is 35.3 Å². The lowest BCUT2D eigenvalue weighted by Gasteiger charge is -2.22. The molecule has 1 aliphatic heterocycles. The number of hydrogen-bond donors (Lipinski definition) is 1. The van der Waals surface area contributed by atoms with Gasteiger partial charge in [-0.15, -0.1) is 0 Å². The molecule has 1 aromatic carbocycles. The summed E-state index contributed by atoms with van der Waals surface area (Å²) in [5.74, 6) is -0.338. The average molecular weight is 304 g/mol. The number of benzene rings is 1. The molecule has 1 N–H and O–H groups in total. The van der Waals surface area contributed by atoms with Crippen LogP contribution in [0.25, 0.3) is 0 Å². The number of carbonyl (C=O) groups is 1. The summed E-state index contributed by atoms with van der Waals surface area (Å²) in [6, 6.07) is 4.94. The number of nitrogens with zero attached hydrogens (tertiary/aromatic N) is 1. The molecule has 0 saturated carbocycles. The minimum Gasteiger partial charge on any atom is -0.468 e. The molecule has 1 heterocycles. The van der Waals surface area contributed by atoms with Crippen molar-refractivity contribution in [2.24, 2.45) is 0 Å². The van der Waals surface area contributed by atoms with Gasteiger partial charge in [0.05, 0.1) is 23.3 Å². The van der Waals surface area contributed by atoms with Crippen molar-refractivity contribution < 1.29 is 14.6 Å². The number of aliphatic hydroxyl groups is 1. The maximum atomic E-state index is 11.7. The molecule has 4 nitrogen and oxygen atoms in total. The molecular formula is C13H15Cl2NO3. The van der Waals surface area contributed by atoms with E-state index in [4.69, 9.17) is 27.9 Å². The normalized spacial score (nSPS) is 23.6. The third-order valence-corrected chi connectivity index (χ3v) is 4.12. The molecule has 0 spiro atoms. The lowest BCUT2D eigenvalue weighted by molar-refractivity contribution is -0.146. The van der Waals surface area contributed by atoms with Gasteiger partial charge in [0, 0.05) is 19.5 Å². The minimum absolute atomic E-state index is 0.338. The van der Waals surface area contributed by atoms with Crippen LogP contribution in [0.4, 0.5) is 0 Å². The number of methoxy groups -OCH3 is 1. The van der Waals surface area contributed by atoms with Gasteiger partial charge in [-0.3, -0.25) is 9.69 Å². The first kappa shape index (κ1) is 14.6. The van der Waals surface area contributed by atoms with Crippen molar-refractivity contribution in [2.45, 2.75) is 25.1 Å². The number of hydrogen-bond acceptors (Lipinski definition) is 4. The van der Waals surface area contributed by atoms with E-state index in [0.29, 0.717) is 29.6 Å². The molecule has 2 rings (SSSR count). The van der Waals surface area contributed by atoms with Crippen molar-refractivity contribution in [1.29, 1.82) is 0 Å². The Morgan fingerprint density at radius 2 is 2.26 bits per heavy atom. The number of ether oxygens (including phenoxy) is 1. The Bertz CT molecular complexity index is 481. The Morgan fingerprint density at radius 3 is 2.95 bits per heavy atom. The Kier molecular flexibility index (Phi) is 4.68. The maximum absolute atomic E-state index is 11.7. The highest BCUT2D eigenvalue weighted by Gasteiger charge is 2.36. The van der Waals surface area contributed by atoms with Crippen LogP contribution in [0.3, 0.4) is 0 Å². The molecule has 1 fully saturated rings. The largest absolute Gasteiger partial charge is 0.468 e. The molecule has 6 heteroatoms. The van der Waals surface area contributed by atoms with Crippen LogP contribution in [-0.4, -0.2) is 41.8 Å². The van der Waals surface area contributed by atoms with E-state index in [1.54, 1.807) is 6.07 Å². The van der Waals surface area contributed by atoms with Crippen molar-refractivity contribution in [3.63, 3.8) is 0 Å². The van der Waals surface area contributed by atoms with Crippen LogP contribution in [0.15, 0.2) is 18.2 Å². The second-order valence-electron chi connectivity index (χ2n) is 4.57. The van der Waals surface area contributed by atoms with Gasteiger partial charge in [-0.05, 0) is 11.6 Å². The molecule has 2 atom stereocenters. The van der Waals surface area contributed by atoms with Gasteiger partial charge in [0.2, 0.25) is 0 Å². The lowest BCUT2D eigenvalue weighted by atomic mass is 10.1. The zero-order valence-corrected chi connectivity index (χ0v) is 12.0. The standard InChI is InChI=1S/C13H15Cl2NO3/c1-19-13(18)11-5-9(17)7-16(11)6-8-3-2-4-10(14)12(8)15/h2-4,9,11,17H,5-7H2,1H3. The van der Waals surface area contributed by atoms with Crippen LogP contribution >= 0.6 is 23.2 Å². The summed E-state index contributed by atoms with van der Waals surface area (Å²) in [5.41, 5.74) is 0.831. The highest BCUT2D eigenvalue weighted by Crippen LogP contribution is 2.29. The summed E-state index contributed by atoms with van der Waals surface area (Å²) >= 11 is 12.1. The summed E-state index contributed by atoms with van der Waals surface area (Å²) in [7, 11) is 1.34. The highest BCUT2D eigenvalue weighted by molar-refractivity contribution is 6.42. The predicted octanol–water partition coefficient (Wildman–Crippen LogP) is 2.10. The number of carbonyl (C=O) groups excluding carboxylic acids is 1. The third-order valence-electron chi connectivity index (χ3n) is 3.26. The van der Waals surface area contributed by atoms with Gasteiger partial charge < -0.3 is 9.84 Å². The van der Waals surface area contributed by atoms with Crippen molar-refractivity contribution in [3.05, 3.63) is 33.8 Å². The molecule has 0 aromatic heterocycles. The maximum Gasteiger partial charge on any atom is 0.323 e. The van der Waals surface area contributed by atoms with Crippen molar-refractivity contribution in [3.8, 4) is 0 Å². The van der Waals surface area contributed by atoms with Gasteiger partial charge in [-0.25, -0.2) is 0 Å². The Labute approximate surface area is 121 Å². The van der Waals surface area contributed by atoms with Gasteiger partial charge in [0.1, 0.15) is 6.04 Å². The molecule has 1 aliphatic rings. The molecule has 2 unspecified atom stereocenters. The highest BCUT2D eigenvalue weighted by atomic mass is 35.5. The van der Waals surface area contributed by atoms with Crippen LogP contribution in [-0.2, 0) is 16.1 Å². The topological polar surface area (TPSA) is 49.8 Å². The fraction of sp³-hybridized carbons (Fsp3) is 0.462. The lowest BCUT2D eigenvalue weighted by Crippen LogP contribution is -2.36. The number of halogens is 2. The van der Waals surface area contributed by atoms with Crippen molar-refractivity contribution in [2.75, 3.05) is 13.7 Å². The van der Waals surface area contributed by atoms with E-state index >= 15 is 0 Å². The van der Waals surface area contributed by atoms with Gasteiger partial charge in [-0.2, -0.15) is 0 Å². The second kappa shape index (κ2) is 6.09. The van der Waals surface area contributed by atoms with E-state index < -0.39 is 12.1 Å². The molecule has 0 aliphatic carbocycles. The number of aliphatic hydroxyl groups excluding tert-OH is 1. The summed E-state index contributed by atoms with van der Waals surface area (Å²) in [4.78, 5) is 13.5. The molecule has 0 amide bonds. The second-order valence-corrected chi connectivity index (χ2v) is 5.36. The predicted molar refractivity (Wildman–Crippen MR) is 73.3 cm³/mol. The van der Waals surface area contributed by atoms with Gasteiger partial charge in [0.15, 0.2) is 0 Å². The van der Waals surface area contributed by atoms with Crippen LogP contribution in [0.5, 0.6) is 0 Å². The number of likely N-dealkylation sites (tertiary alicyclic amines) is 1. The molecule has 104 valence electrons. The zero-order valence-electron chi connectivity index (χ0n) is 10.5. The van der Waals surface area contributed by atoms with E-state index in [1.165, 1.54) is 7.11 Å². The monoisotopic (exact) mass is 303 g/mol. The smallest absolute Gasteiger partial charge is 0.323 e. The molecule has 19 heavy (non-hydrogen) atoms. The Hall–Kier alpha value is -0.810. The van der Waals surface area contributed by atoms with E-state index in [9.17, 15) is 9.90 Å². The van der Waals surface area contributed by atoms with Crippen molar-refractivity contribution >= 4 is 29.2 Å². The van der Waals surface area contributed by atoms with Crippen LogP contribution in [0, 0.1) is 0 Å². The molecule has 1 aromatic rings. The first-order valence-corrected chi connectivity index (χ1v) is 6.71. The Balaban J connectivity index is 2.17. The number of β-amino-alcohol motifs (C(OH)–C–C–N with tert-alkyl or cyclic N) is 1. The summed E-state index contributed by atoms with van der Waals surface area (Å²) in [6.07, 6.45) is -0.146. The fourth-order valence-electron chi connectivity index (χ4n) is 2.32. The van der Waals surface area contributed by atoms with Crippen molar-refractivity contribution in [1.82, 2.24) is 4.90 Å². The molecule has 0 bridgehead atoms. The van der Waals surface area contributed by atoms with Gasteiger partial charge >= 0.3 is 5.97 Å². The van der Waals surface area contributed by atoms with E-state index in [0.717, 1.165) is 5.56 Å². The number of esters is 1. The van der Waals surface area contributed by atoms with E-state index in [1.807, 2.05) is 17.0 Å². The third kappa shape index (κ3) is 3.20. The SMILES string of the molecule is COC(=O)C1CC(O)CN1Cc1cccc(Cl)c1Cl. The Morgan fingerprint density at radius 1 is 1.53 bits per heavy atom. The van der Waals surface area contributed by atoms with Crippen LogP contribution < -0.4 is 0 Å². The molecular weight excluding hydrogens is 289 g/mol. The first-order chi connectivity index (χ1) is 9.02. The summed E-state index contributed by atoms with van der Waals surface area (Å²) in [5, 5.41) is 10.7. The average Bonchev–Trinajstić information content (AvgIpc) is 2.75. The minimum atomic E-state index is -0.526. The molecule has 1 saturated heterocycles.